The maximum absolute atomic E-state index is 13.9. The van der Waals surface area contributed by atoms with Gasteiger partial charge in [-0.25, -0.2) is 9.37 Å². The number of nitrogens with zero attached hydrogens (tertiary/aromatic N) is 4. The van der Waals surface area contributed by atoms with Gasteiger partial charge in [0.05, 0.1) is 13.7 Å². The van der Waals surface area contributed by atoms with Crippen LogP contribution in [-0.2, 0) is 19.3 Å². The fourth-order valence-corrected chi connectivity index (χ4v) is 3.93. The van der Waals surface area contributed by atoms with Crippen molar-refractivity contribution in [2.24, 2.45) is 4.99 Å². The topological polar surface area (TPSA) is 53.0 Å². The number of rotatable bonds is 5. The van der Waals surface area contributed by atoms with Crippen molar-refractivity contribution in [3.63, 3.8) is 0 Å². The first-order valence-corrected chi connectivity index (χ1v) is 10.2. The highest BCUT2D eigenvalue weighted by molar-refractivity contribution is 14.0. The van der Waals surface area contributed by atoms with E-state index in [0.29, 0.717) is 30.6 Å². The largest absolute Gasteiger partial charge is 0.494 e. The highest BCUT2D eigenvalue weighted by Crippen LogP contribution is 2.30. The van der Waals surface area contributed by atoms with Gasteiger partial charge in [-0.15, -0.1) is 35.3 Å². The minimum Gasteiger partial charge on any atom is -0.494 e. The van der Waals surface area contributed by atoms with Gasteiger partial charge in [0.2, 0.25) is 0 Å². The van der Waals surface area contributed by atoms with E-state index in [9.17, 15) is 17.6 Å². The van der Waals surface area contributed by atoms with Crippen LogP contribution in [0.1, 0.15) is 16.3 Å². The zero-order chi connectivity index (χ0) is 21.7. The minimum absolute atomic E-state index is 0. The van der Waals surface area contributed by atoms with Crippen LogP contribution < -0.4 is 10.1 Å². The van der Waals surface area contributed by atoms with E-state index in [4.69, 9.17) is 4.74 Å². The molecule has 1 aromatic carbocycles. The van der Waals surface area contributed by atoms with E-state index in [0.717, 1.165) is 35.4 Å². The molecule has 0 bridgehead atoms. The first-order chi connectivity index (χ1) is 14.3. The van der Waals surface area contributed by atoms with Gasteiger partial charge in [-0.05, 0) is 17.7 Å². The van der Waals surface area contributed by atoms with Gasteiger partial charge in [-0.3, -0.25) is 9.89 Å². The zero-order valence-electron chi connectivity index (χ0n) is 17.1. The number of nitrogens with one attached hydrogen (secondary N) is 1. The molecule has 0 aliphatic carbocycles. The summed E-state index contributed by atoms with van der Waals surface area (Å²) in [5.41, 5.74) is -0.00336. The van der Waals surface area contributed by atoms with Crippen LogP contribution in [0.2, 0.25) is 0 Å². The van der Waals surface area contributed by atoms with E-state index >= 15 is 0 Å². The molecule has 0 unspecified atom stereocenters. The number of guanidine groups is 1. The van der Waals surface area contributed by atoms with Crippen molar-refractivity contribution in [3.05, 3.63) is 45.7 Å². The van der Waals surface area contributed by atoms with E-state index < -0.39 is 11.9 Å². The van der Waals surface area contributed by atoms with Crippen molar-refractivity contribution < 1.29 is 22.3 Å². The molecule has 1 fully saturated rings. The van der Waals surface area contributed by atoms with Crippen LogP contribution >= 0.6 is 35.3 Å². The summed E-state index contributed by atoms with van der Waals surface area (Å²) in [6.07, 6.45) is -4.43. The Kier molecular flexibility index (Phi) is 9.30. The monoisotopic (exact) mass is 573 g/mol. The SMILES string of the molecule is CN=C(NCc1nc(C(F)(F)F)cs1)N1CCN(Cc2ccc(OC)c(F)c2)CC1.I. The van der Waals surface area contributed by atoms with Crippen LogP contribution in [0.25, 0.3) is 0 Å². The average Bonchev–Trinajstić information content (AvgIpc) is 3.19. The summed E-state index contributed by atoms with van der Waals surface area (Å²) in [5, 5.41) is 4.44. The minimum atomic E-state index is -4.43. The second-order valence-electron chi connectivity index (χ2n) is 6.76. The van der Waals surface area contributed by atoms with E-state index in [-0.39, 0.29) is 42.1 Å². The Morgan fingerprint density at radius 3 is 2.52 bits per heavy atom. The lowest BCUT2D eigenvalue weighted by Gasteiger charge is -2.36. The lowest BCUT2D eigenvalue weighted by molar-refractivity contribution is -0.140. The van der Waals surface area contributed by atoms with Gasteiger partial charge >= 0.3 is 6.18 Å². The molecule has 12 heteroatoms. The van der Waals surface area contributed by atoms with Gasteiger partial charge in [-0.1, -0.05) is 6.07 Å². The third kappa shape index (κ3) is 6.91. The molecule has 0 amide bonds. The zero-order valence-corrected chi connectivity index (χ0v) is 20.2. The van der Waals surface area contributed by atoms with E-state index in [1.165, 1.54) is 13.2 Å². The van der Waals surface area contributed by atoms with Gasteiger partial charge in [0.1, 0.15) is 5.01 Å². The molecule has 2 aromatic rings. The van der Waals surface area contributed by atoms with Crippen LogP contribution in [0, 0.1) is 5.82 Å². The number of methoxy groups -OCH3 is 1. The summed E-state index contributed by atoms with van der Waals surface area (Å²) in [5.74, 6) is 0.462. The van der Waals surface area contributed by atoms with Crippen molar-refractivity contribution in [2.45, 2.75) is 19.3 Å². The van der Waals surface area contributed by atoms with Crippen molar-refractivity contribution in [3.8, 4) is 5.75 Å². The van der Waals surface area contributed by atoms with E-state index in [2.05, 4.69) is 20.2 Å². The Hall–Kier alpha value is -1.67. The molecule has 0 saturated carbocycles. The molecule has 1 saturated heterocycles. The second-order valence-corrected chi connectivity index (χ2v) is 7.70. The van der Waals surface area contributed by atoms with Crippen molar-refractivity contribution in [2.75, 3.05) is 40.3 Å². The van der Waals surface area contributed by atoms with Gasteiger partial charge in [0, 0.05) is 45.2 Å². The number of piperazine rings is 1. The van der Waals surface area contributed by atoms with Gasteiger partial charge in [-0.2, -0.15) is 13.2 Å². The number of aliphatic imine (C=N–C) groups is 1. The molecule has 1 N–H and O–H groups in total. The molecule has 0 atom stereocenters. The fourth-order valence-electron chi connectivity index (χ4n) is 3.19. The second kappa shape index (κ2) is 11.3. The number of thiazole rings is 1. The Balaban J connectivity index is 0.00000341. The molecular formula is C19H24F4IN5OS. The first-order valence-electron chi connectivity index (χ1n) is 9.32. The molecule has 1 aliphatic rings. The number of benzene rings is 1. The van der Waals surface area contributed by atoms with Crippen LogP contribution in [0.4, 0.5) is 17.6 Å². The van der Waals surface area contributed by atoms with Crippen LogP contribution in [0.15, 0.2) is 28.6 Å². The summed E-state index contributed by atoms with van der Waals surface area (Å²) in [6.45, 7) is 3.71. The molecule has 3 rings (SSSR count). The fraction of sp³-hybridized carbons (Fsp3) is 0.474. The summed E-state index contributed by atoms with van der Waals surface area (Å²) in [4.78, 5) is 12.1. The third-order valence-corrected chi connectivity index (χ3v) is 5.59. The van der Waals surface area contributed by atoms with Crippen LogP contribution in [0.5, 0.6) is 5.75 Å². The van der Waals surface area contributed by atoms with E-state index in [1.807, 2.05) is 11.0 Å². The maximum atomic E-state index is 13.9. The number of alkyl halides is 3. The quantitative estimate of drug-likeness (QED) is 0.255. The Bertz CT molecular complexity index is 884. The smallest absolute Gasteiger partial charge is 0.434 e. The van der Waals surface area contributed by atoms with Gasteiger partial charge in [0.25, 0.3) is 0 Å². The molecule has 2 heterocycles. The molecular weight excluding hydrogens is 549 g/mol. The summed E-state index contributed by atoms with van der Waals surface area (Å²) in [7, 11) is 3.07. The Morgan fingerprint density at radius 1 is 1.26 bits per heavy atom. The normalized spacial score (nSPS) is 15.5. The molecule has 1 aliphatic heterocycles. The molecule has 0 radical (unpaired) electrons. The molecule has 1 aromatic heterocycles. The lowest BCUT2D eigenvalue weighted by Crippen LogP contribution is -2.52. The summed E-state index contributed by atoms with van der Waals surface area (Å²) >= 11 is 0.966. The number of halogens is 5. The number of ether oxygens (including phenoxy) is 1. The molecule has 172 valence electrons. The highest BCUT2D eigenvalue weighted by Gasteiger charge is 2.33. The number of aromatic nitrogens is 1. The Morgan fingerprint density at radius 2 is 1.97 bits per heavy atom. The van der Waals surface area contributed by atoms with Gasteiger partial charge < -0.3 is 15.0 Å². The predicted octanol–water partition coefficient (Wildman–Crippen LogP) is 3.82. The average molecular weight is 573 g/mol. The van der Waals surface area contributed by atoms with Crippen molar-refractivity contribution >= 4 is 41.3 Å². The molecule has 31 heavy (non-hydrogen) atoms. The van der Waals surface area contributed by atoms with Crippen molar-refractivity contribution in [1.29, 1.82) is 0 Å². The van der Waals surface area contributed by atoms with Crippen LogP contribution in [0.3, 0.4) is 0 Å². The summed E-state index contributed by atoms with van der Waals surface area (Å²) in [6, 6.07) is 4.95. The number of hydrogen-bond donors (Lipinski definition) is 1. The molecule has 0 spiro atoms. The lowest BCUT2D eigenvalue weighted by atomic mass is 10.2. The highest BCUT2D eigenvalue weighted by atomic mass is 127. The number of hydrogen-bond acceptors (Lipinski definition) is 5. The van der Waals surface area contributed by atoms with E-state index in [1.54, 1.807) is 13.1 Å². The van der Waals surface area contributed by atoms with Crippen molar-refractivity contribution in [1.82, 2.24) is 20.1 Å². The third-order valence-electron chi connectivity index (χ3n) is 4.75. The maximum Gasteiger partial charge on any atom is 0.434 e. The van der Waals surface area contributed by atoms with Gasteiger partial charge in [0.15, 0.2) is 23.2 Å². The predicted molar refractivity (Wildman–Crippen MR) is 123 cm³/mol. The van der Waals surface area contributed by atoms with Crippen LogP contribution in [-0.4, -0.2) is 61.1 Å². The molecule has 6 nitrogen and oxygen atoms in total. The summed E-state index contributed by atoms with van der Waals surface area (Å²) < 4.78 is 56.8. The standard InChI is InChI=1S/C19H23F4N5OS.HI/c1-24-18(25-10-17-26-16(12-30-17)19(21,22)23)28-7-5-27(6-8-28)11-13-3-4-15(29-2)14(20)9-13;/h3-4,9,12H,5-8,10-11H2,1-2H3,(H,24,25);1H. The first kappa shape index (κ1) is 25.6. The Labute approximate surface area is 199 Å².